The van der Waals surface area contributed by atoms with Gasteiger partial charge in [0.15, 0.2) is 5.76 Å². The van der Waals surface area contributed by atoms with Crippen LogP contribution in [-0.4, -0.2) is 32.5 Å². The Bertz CT molecular complexity index is 983. The summed E-state index contributed by atoms with van der Waals surface area (Å²) in [4.78, 5) is 17.8. The molecule has 7 heteroatoms. The van der Waals surface area contributed by atoms with Crippen molar-refractivity contribution in [3.8, 4) is 11.7 Å². The van der Waals surface area contributed by atoms with Crippen LogP contribution in [0.2, 0.25) is 0 Å². The number of furan rings is 1. The van der Waals surface area contributed by atoms with Crippen LogP contribution in [0.3, 0.4) is 0 Å². The van der Waals surface area contributed by atoms with Crippen LogP contribution in [0.4, 0.5) is 0 Å². The Morgan fingerprint density at radius 1 is 1.19 bits per heavy atom. The SMILES string of the molecule is CCCN(Cc1nnc(-c2ccco2)o1)C(=O)c1cc2ccccc2[nH]1. The van der Waals surface area contributed by atoms with Crippen LogP contribution >= 0.6 is 0 Å². The van der Waals surface area contributed by atoms with E-state index in [9.17, 15) is 4.79 Å². The maximum atomic E-state index is 12.9. The number of H-pyrrole nitrogens is 1. The molecule has 0 aliphatic carbocycles. The summed E-state index contributed by atoms with van der Waals surface area (Å²) in [5.74, 6) is 1.09. The van der Waals surface area contributed by atoms with Crippen molar-refractivity contribution in [1.29, 1.82) is 0 Å². The summed E-state index contributed by atoms with van der Waals surface area (Å²) >= 11 is 0. The van der Waals surface area contributed by atoms with Gasteiger partial charge in [0, 0.05) is 17.4 Å². The van der Waals surface area contributed by atoms with E-state index in [2.05, 4.69) is 15.2 Å². The summed E-state index contributed by atoms with van der Waals surface area (Å²) in [6.07, 6.45) is 2.37. The molecule has 0 atom stereocenters. The first-order valence-electron chi connectivity index (χ1n) is 8.48. The third kappa shape index (κ3) is 3.11. The number of rotatable bonds is 6. The average Bonchev–Trinajstić information content (AvgIpc) is 3.39. The van der Waals surface area contributed by atoms with Crippen LogP contribution in [0.5, 0.6) is 0 Å². The van der Waals surface area contributed by atoms with Gasteiger partial charge < -0.3 is 18.7 Å². The summed E-state index contributed by atoms with van der Waals surface area (Å²) in [6, 6.07) is 13.2. The molecular formula is C19H18N4O3. The molecule has 0 unspecified atom stereocenters. The van der Waals surface area contributed by atoms with Crippen molar-refractivity contribution in [1.82, 2.24) is 20.1 Å². The molecule has 132 valence electrons. The number of nitrogens with zero attached hydrogens (tertiary/aromatic N) is 3. The molecular weight excluding hydrogens is 332 g/mol. The van der Waals surface area contributed by atoms with Crippen molar-refractivity contribution in [3.63, 3.8) is 0 Å². The fraction of sp³-hybridized carbons (Fsp3) is 0.211. The minimum absolute atomic E-state index is 0.0965. The van der Waals surface area contributed by atoms with Crippen molar-refractivity contribution in [2.24, 2.45) is 0 Å². The smallest absolute Gasteiger partial charge is 0.283 e. The molecule has 0 fully saturated rings. The third-order valence-electron chi connectivity index (χ3n) is 4.07. The van der Waals surface area contributed by atoms with E-state index in [-0.39, 0.29) is 12.5 Å². The van der Waals surface area contributed by atoms with Gasteiger partial charge in [-0.05, 0) is 30.7 Å². The fourth-order valence-electron chi connectivity index (χ4n) is 2.86. The summed E-state index contributed by atoms with van der Waals surface area (Å²) in [5.41, 5.74) is 1.48. The van der Waals surface area contributed by atoms with Crippen LogP contribution < -0.4 is 0 Å². The zero-order chi connectivity index (χ0) is 17.9. The number of amides is 1. The maximum absolute atomic E-state index is 12.9. The summed E-state index contributed by atoms with van der Waals surface area (Å²) in [5, 5.41) is 9.02. The standard InChI is InChI=1S/C19H18N4O3/c1-2-9-23(12-17-21-22-18(26-17)16-8-5-10-25-16)19(24)15-11-13-6-3-4-7-14(13)20-15/h3-8,10-11,20H,2,9,12H2,1H3. The highest BCUT2D eigenvalue weighted by molar-refractivity contribution is 5.97. The molecule has 0 radical (unpaired) electrons. The molecule has 0 bridgehead atoms. The van der Waals surface area contributed by atoms with Gasteiger partial charge in [-0.15, -0.1) is 10.2 Å². The van der Waals surface area contributed by atoms with Crippen LogP contribution in [0.25, 0.3) is 22.6 Å². The van der Waals surface area contributed by atoms with Gasteiger partial charge in [-0.25, -0.2) is 0 Å². The minimum Gasteiger partial charge on any atom is -0.459 e. The monoisotopic (exact) mass is 350 g/mol. The molecule has 0 spiro atoms. The number of benzene rings is 1. The van der Waals surface area contributed by atoms with Gasteiger partial charge in [-0.1, -0.05) is 25.1 Å². The number of carbonyl (C=O) groups is 1. The van der Waals surface area contributed by atoms with E-state index in [1.165, 1.54) is 0 Å². The summed E-state index contributed by atoms with van der Waals surface area (Å²) in [7, 11) is 0. The maximum Gasteiger partial charge on any atom is 0.283 e. The molecule has 4 aromatic rings. The number of fused-ring (bicyclic) bond motifs is 1. The average molecular weight is 350 g/mol. The molecule has 0 aliphatic heterocycles. The fourth-order valence-corrected chi connectivity index (χ4v) is 2.86. The Hall–Kier alpha value is -3.35. The molecule has 0 saturated heterocycles. The molecule has 1 N–H and O–H groups in total. The number of aromatic nitrogens is 3. The Morgan fingerprint density at radius 2 is 2.08 bits per heavy atom. The largest absolute Gasteiger partial charge is 0.459 e. The molecule has 1 amide bonds. The molecule has 4 rings (SSSR count). The van der Waals surface area contributed by atoms with Gasteiger partial charge in [-0.2, -0.15) is 0 Å². The van der Waals surface area contributed by atoms with Gasteiger partial charge >= 0.3 is 0 Å². The highest BCUT2D eigenvalue weighted by Crippen LogP contribution is 2.20. The predicted octanol–water partition coefficient (Wildman–Crippen LogP) is 3.86. The zero-order valence-electron chi connectivity index (χ0n) is 14.3. The number of hydrogen-bond acceptors (Lipinski definition) is 5. The van der Waals surface area contributed by atoms with Gasteiger partial charge in [0.05, 0.1) is 12.8 Å². The van der Waals surface area contributed by atoms with E-state index in [1.807, 2.05) is 37.3 Å². The van der Waals surface area contributed by atoms with E-state index in [0.29, 0.717) is 29.8 Å². The molecule has 0 aliphatic rings. The lowest BCUT2D eigenvalue weighted by Crippen LogP contribution is -2.31. The summed E-state index contributed by atoms with van der Waals surface area (Å²) in [6.45, 7) is 2.86. The Morgan fingerprint density at radius 3 is 2.85 bits per heavy atom. The van der Waals surface area contributed by atoms with Crippen molar-refractivity contribution in [3.05, 3.63) is 60.3 Å². The zero-order valence-corrected chi connectivity index (χ0v) is 14.3. The van der Waals surface area contributed by atoms with Crippen molar-refractivity contribution >= 4 is 16.8 Å². The Balaban J connectivity index is 1.56. The lowest BCUT2D eigenvalue weighted by Gasteiger charge is -2.19. The lowest BCUT2D eigenvalue weighted by atomic mass is 10.2. The molecule has 7 nitrogen and oxygen atoms in total. The topological polar surface area (TPSA) is 88.2 Å². The van der Waals surface area contributed by atoms with Gasteiger partial charge in [0.2, 0.25) is 5.89 Å². The molecule has 3 heterocycles. The molecule has 3 aromatic heterocycles. The Kier molecular flexibility index (Phi) is 4.27. The highest BCUT2D eigenvalue weighted by atomic mass is 16.4. The predicted molar refractivity (Wildman–Crippen MR) is 95.3 cm³/mol. The Labute approximate surface area is 149 Å². The number of hydrogen-bond donors (Lipinski definition) is 1. The van der Waals surface area contributed by atoms with Crippen LogP contribution in [0.1, 0.15) is 29.7 Å². The first-order chi connectivity index (χ1) is 12.7. The highest BCUT2D eigenvalue weighted by Gasteiger charge is 2.21. The van der Waals surface area contributed by atoms with Gasteiger partial charge in [0.1, 0.15) is 5.69 Å². The number of carbonyl (C=O) groups excluding carboxylic acids is 1. The van der Waals surface area contributed by atoms with Crippen molar-refractivity contribution in [2.45, 2.75) is 19.9 Å². The van der Waals surface area contributed by atoms with E-state index in [1.54, 1.807) is 23.3 Å². The molecule has 0 saturated carbocycles. The second-order valence-corrected chi connectivity index (χ2v) is 5.98. The number of nitrogens with one attached hydrogen (secondary N) is 1. The third-order valence-corrected chi connectivity index (χ3v) is 4.07. The van der Waals surface area contributed by atoms with Crippen molar-refractivity contribution < 1.29 is 13.6 Å². The van der Waals surface area contributed by atoms with E-state index in [0.717, 1.165) is 17.3 Å². The van der Waals surface area contributed by atoms with Gasteiger partial charge in [0.25, 0.3) is 11.8 Å². The van der Waals surface area contributed by atoms with Crippen LogP contribution in [0, 0.1) is 0 Å². The van der Waals surface area contributed by atoms with E-state index >= 15 is 0 Å². The van der Waals surface area contributed by atoms with E-state index < -0.39 is 0 Å². The molecule has 1 aromatic carbocycles. The molecule has 26 heavy (non-hydrogen) atoms. The second-order valence-electron chi connectivity index (χ2n) is 5.98. The second kappa shape index (κ2) is 6.87. The van der Waals surface area contributed by atoms with Gasteiger partial charge in [-0.3, -0.25) is 4.79 Å². The quantitative estimate of drug-likeness (QED) is 0.570. The van der Waals surface area contributed by atoms with E-state index in [4.69, 9.17) is 8.83 Å². The summed E-state index contributed by atoms with van der Waals surface area (Å²) < 4.78 is 10.9. The van der Waals surface area contributed by atoms with Crippen LogP contribution in [0.15, 0.2) is 57.6 Å². The lowest BCUT2D eigenvalue weighted by molar-refractivity contribution is 0.0723. The number of aromatic amines is 1. The first-order valence-corrected chi connectivity index (χ1v) is 8.48. The number of para-hydroxylation sites is 1. The van der Waals surface area contributed by atoms with Crippen molar-refractivity contribution in [2.75, 3.05) is 6.54 Å². The first kappa shape index (κ1) is 16.1. The normalized spacial score (nSPS) is 11.1. The van der Waals surface area contributed by atoms with Crippen LogP contribution in [-0.2, 0) is 6.54 Å². The minimum atomic E-state index is -0.0965.